The third-order valence-electron chi connectivity index (χ3n) is 2.88. The molecule has 2 rings (SSSR count). The number of hydrogen-bond donors (Lipinski definition) is 2. The molecule has 0 fully saturated rings. The van der Waals surface area contributed by atoms with Crippen LogP contribution in [0.1, 0.15) is 25.5 Å². The minimum absolute atomic E-state index is 0.141. The number of aliphatic carboxylic acids is 1. The van der Waals surface area contributed by atoms with Gasteiger partial charge in [0.1, 0.15) is 6.04 Å². The van der Waals surface area contributed by atoms with Crippen LogP contribution in [-0.2, 0) is 4.79 Å². The van der Waals surface area contributed by atoms with E-state index < -0.39 is 12.0 Å². The lowest BCUT2D eigenvalue weighted by Gasteiger charge is -2.19. The van der Waals surface area contributed by atoms with Gasteiger partial charge in [-0.15, -0.1) is 0 Å². The average molecular weight is 286 g/mol. The average Bonchev–Trinajstić information content (AvgIpc) is 2.48. The van der Waals surface area contributed by atoms with E-state index in [0.29, 0.717) is 35.3 Å². The summed E-state index contributed by atoms with van der Waals surface area (Å²) in [7, 11) is 0. The van der Waals surface area contributed by atoms with E-state index in [4.69, 9.17) is 31.9 Å². The molecule has 0 spiro atoms. The number of nitrogens with two attached hydrogens (primary N) is 1. The number of fused-ring (bicyclic) bond motifs is 1. The first-order valence-electron chi connectivity index (χ1n) is 5.87. The van der Waals surface area contributed by atoms with Crippen LogP contribution in [0.25, 0.3) is 0 Å². The highest BCUT2D eigenvalue weighted by Gasteiger charge is 2.28. The van der Waals surface area contributed by atoms with Crippen LogP contribution in [0.2, 0.25) is 5.02 Å². The third kappa shape index (κ3) is 2.93. The smallest absolute Gasteiger partial charge is 0.325 e. The van der Waals surface area contributed by atoms with Gasteiger partial charge >= 0.3 is 5.97 Å². The molecule has 6 heteroatoms. The first-order chi connectivity index (χ1) is 8.80. The van der Waals surface area contributed by atoms with Gasteiger partial charge in [0, 0.05) is 5.41 Å². The van der Waals surface area contributed by atoms with Crippen molar-refractivity contribution in [1.29, 1.82) is 0 Å². The summed E-state index contributed by atoms with van der Waals surface area (Å²) in [6, 6.07) is 1.94. The van der Waals surface area contributed by atoms with Crippen molar-refractivity contribution in [3.05, 3.63) is 22.7 Å². The summed E-state index contributed by atoms with van der Waals surface area (Å²) < 4.78 is 11.3. The molecule has 0 radical (unpaired) electrons. The molecule has 0 saturated heterocycles. The monoisotopic (exact) mass is 285 g/mol. The van der Waals surface area contributed by atoms with E-state index in [-0.39, 0.29) is 5.41 Å². The summed E-state index contributed by atoms with van der Waals surface area (Å²) >= 11 is 6.11. The van der Waals surface area contributed by atoms with Gasteiger partial charge in [0.2, 0.25) is 0 Å². The largest absolute Gasteiger partial charge is 0.489 e. The molecule has 19 heavy (non-hydrogen) atoms. The van der Waals surface area contributed by atoms with Crippen molar-refractivity contribution in [3.63, 3.8) is 0 Å². The summed E-state index contributed by atoms with van der Waals surface area (Å²) in [4.78, 5) is 10.9. The summed E-state index contributed by atoms with van der Waals surface area (Å²) in [5.41, 5.74) is 5.82. The Morgan fingerprint density at radius 2 is 2.05 bits per heavy atom. The molecule has 1 atom stereocenters. The fourth-order valence-corrected chi connectivity index (χ4v) is 2.01. The zero-order valence-corrected chi connectivity index (χ0v) is 11.5. The number of halogens is 1. The molecule has 1 heterocycles. The van der Waals surface area contributed by atoms with Crippen molar-refractivity contribution in [2.45, 2.75) is 19.9 Å². The van der Waals surface area contributed by atoms with Gasteiger partial charge in [0.25, 0.3) is 0 Å². The number of carboxylic acids is 1. The van der Waals surface area contributed by atoms with Crippen molar-refractivity contribution in [1.82, 2.24) is 0 Å². The molecule has 0 aromatic heterocycles. The maximum atomic E-state index is 10.9. The molecule has 1 aromatic rings. The maximum Gasteiger partial charge on any atom is 0.325 e. The van der Waals surface area contributed by atoms with Crippen molar-refractivity contribution in [3.8, 4) is 11.5 Å². The van der Waals surface area contributed by atoms with Crippen LogP contribution in [0.15, 0.2) is 12.1 Å². The Bertz CT molecular complexity index is 516. The predicted octanol–water partition coefficient (Wildman–Crippen LogP) is 2.22. The first-order valence-corrected chi connectivity index (χ1v) is 6.25. The summed E-state index contributed by atoms with van der Waals surface area (Å²) in [6.45, 7) is 4.96. The number of carboxylic acid groups (broad SMARTS) is 1. The van der Waals surface area contributed by atoms with Crippen molar-refractivity contribution < 1.29 is 19.4 Å². The summed E-state index contributed by atoms with van der Waals surface area (Å²) in [5, 5.41) is 9.24. The number of rotatable bonds is 2. The quantitative estimate of drug-likeness (QED) is 0.871. The topological polar surface area (TPSA) is 81.8 Å². The molecule has 1 aliphatic heterocycles. The van der Waals surface area contributed by atoms with Gasteiger partial charge in [-0.1, -0.05) is 25.4 Å². The zero-order valence-electron chi connectivity index (χ0n) is 10.8. The first kappa shape index (κ1) is 14.0. The highest BCUT2D eigenvalue weighted by molar-refractivity contribution is 6.32. The Labute approximate surface area is 116 Å². The fourth-order valence-electron chi connectivity index (χ4n) is 1.74. The molecule has 0 aliphatic carbocycles. The van der Waals surface area contributed by atoms with Crippen LogP contribution in [0.5, 0.6) is 11.5 Å². The van der Waals surface area contributed by atoms with Crippen LogP contribution < -0.4 is 15.2 Å². The number of hydrogen-bond acceptors (Lipinski definition) is 4. The highest BCUT2D eigenvalue weighted by Crippen LogP contribution is 2.41. The van der Waals surface area contributed by atoms with Crippen LogP contribution in [0, 0.1) is 5.41 Å². The minimum Gasteiger partial charge on any atom is -0.489 e. The Kier molecular flexibility index (Phi) is 3.60. The highest BCUT2D eigenvalue weighted by atomic mass is 35.5. The minimum atomic E-state index is -1.14. The Balaban J connectivity index is 2.39. The molecule has 1 aliphatic rings. The summed E-state index contributed by atoms with van der Waals surface area (Å²) in [5.74, 6) is -0.246. The van der Waals surface area contributed by atoms with E-state index in [1.54, 1.807) is 6.07 Å². The van der Waals surface area contributed by atoms with Crippen LogP contribution >= 0.6 is 11.6 Å². The Morgan fingerprint density at radius 3 is 2.68 bits per heavy atom. The molecule has 0 saturated carbocycles. The molecule has 5 nitrogen and oxygen atoms in total. The molecule has 0 amide bonds. The third-order valence-corrected chi connectivity index (χ3v) is 3.16. The molecule has 1 unspecified atom stereocenters. The second-order valence-corrected chi connectivity index (χ2v) is 5.79. The van der Waals surface area contributed by atoms with E-state index in [9.17, 15) is 4.79 Å². The molecular weight excluding hydrogens is 270 g/mol. The number of ether oxygens (including phenoxy) is 2. The van der Waals surface area contributed by atoms with Crippen LogP contribution in [0.3, 0.4) is 0 Å². The van der Waals surface area contributed by atoms with Crippen molar-refractivity contribution in [2.24, 2.45) is 11.1 Å². The van der Waals surface area contributed by atoms with E-state index in [2.05, 4.69) is 0 Å². The van der Waals surface area contributed by atoms with E-state index in [0.717, 1.165) is 0 Å². The van der Waals surface area contributed by atoms with E-state index in [1.807, 2.05) is 13.8 Å². The van der Waals surface area contributed by atoms with Gasteiger partial charge < -0.3 is 20.3 Å². The van der Waals surface area contributed by atoms with Gasteiger partial charge in [-0.05, 0) is 17.7 Å². The lowest BCUT2D eigenvalue weighted by atomic mass is 9.97. The van der Waals surface area contributed by atoms with Crippen molar-refractivity contribution in [2.75, 3.05) is 13.2 Å². The molecule has 3 N–H and O–H groups in total. The van der Waals surface area contributed by atoms with Gasteiger partial charge in [-0.3, -0.25) is 4.79 Å². The van der Waals surface area contributed by atoms with Crippen LogP contribution in [-0.4, -0.2) is 24.3 Å². The Morgan fingerprint density at radius 1 is 1.42 bits per heavy atom. The second-order valence-electron chi connectivity index (χ2n) is 5.39. The number of carbonyl (C=O) groups is 1. The molecule has 0 bridgehead atoms. The molecule has 1 aromatic carbocycles. The zero-order chi connectivity index (χ0) is 14.2. The van der Waals surface area contributed by atoms with E-state index >= 15 is 0 Å². The van der Waals surface area contributed by atoms with Crippen LogP contribution in [0.4, 0.5) is 0 Å². The van der Waals surface area contributed by atoms with Gasteiger partial charge in [-0.25, -0.2) is 0 Å². The lowest BCUT2D eigenvalue weighted by molar-refractivity contribution is -0.138. The predicted molar refractivity (Wildman–Crippen MR) is 70.8 cm³/mol. The molecular formula is C13H16ClNO4. The van der Waals surface area contributed by atoms with Gasteiger partial charge in [-0.2, -0.15) is 0 Å². The Hall–Kier alpha value is -1.46. The SMILES string of the molecule is CC1(C)COc2cc(C(N)C(=O)O)cc(Cl)c2OC1. The second kappa shape index (κ2) is 4.90. The summed E-state index contributed by atoms with van der Waals surface area (Å²) in [6.07, 6.45) is 0. The normalized spacial score (nSPS) is 18.5. The van der Waals surface area contributed by atoms with Gasteiger partial charge in [0.15, 0.2) is 11.5 Å². The number of benzene rings is 1. The standard InChI is InChI=1S/C13H16ClNO4/c1-13(2)5-18-9-4-7(10(15)12(16)17)3-8(14)11(9)19-6-13/h3-4,10H,5-6,15H2,1-2H3,(H,16,17). The maximum absolute atomic E-state index is 10.9. The van der Waals surface area contributed by atoms with E-state index in [1.165, 1.54) is 6.07 Å². The van der Waals surface area contributed by atoms with Gasteiger partial charge in [0.05, 0.1) is 18.2 Å². The fraction of sp³-hybridized carbons (Fsp3) is 0.462. The van der Waals surface area contributed by atoms with Crippen molar-refractivity contribution >= 4 is 17.6 Å². The molecule has 104 valence electrons. The lowest BCUT2D eigenvalue weighted by Crippen LogP contribution is -2.26.